The predicted octanol–water partition coefficient (Wildman–Crippen LogP) is 4.84. The number of amides is 1. The lowest BCUT2D eigenvalue weighted by Gasteiger charge is -2.10. The zero-order valence-corrected chi connectivity index (χ0v) is 18.6. The summed E-state index contributed by atoms with van der Waals surface area (Å²) in [4.78, 5) is 16.7. The second-order valence-electron chi connectivity index (χ2n) is 7.21. The van der Waals surface area contributed by atoms with Crippen molar-refractivity contribution >= 4 is 28.9 Å². The van der Waals surface area contributed by atoms with Crippen LogP contribution in [0.3, 0.4) is 0 Å². The summed E-state index contributed by atoms with van der Waals surface area (Å²) >= 11 is 6.10. The fraction of sp³-hybridized carbons (Fsp3) is 0.174. The number of allylic oxidation sites excluding steroid dienone is 2. The van der Waals surface area contributed by atoms with E-state index in [1.54, 1.807) is 36.0 Å². The van der Waals surface area contributed by atoms with Crippen LogP contribution in [0.25, 0.3) is 0 Å². The summed E-state index contributed by atoms with van der Waals surface area (Å²) in [6.45, 7) is 2.14. The number of alkyl halides is 3. The normalized spacial score (nSPS) is 12.7. The molecule has 0 aliphatic carbocycles. The van der Waals surface area contributed by atoms with Crippen LogP contribution in [-0.4, -0.2) is 27.6 Å². The molecule has 0 unspecified atom stereocenters. The van der Waals surface area contributed by atoms with Gasteiger partial charge >= 0.3 is 6.18 Å². The van der Waals surface area contributed by atoms with E-state index in [0.717, 1.165) is 11.8 Å². The molecule has 6 nitrogen and oxygen atoms in total. The molecule has 1 aromatic heterocycles. The first-order valence-electron chi connectivity index (χ1n) is 9.80. The molecule has 33 heavy (non-hydrogen) atoms. The molecule has 172 valence electrons. The third kappa shape index (κ3) is 6.23. The number of nitrogens with zero attached hydrogens (tertiary/aromatic N) is 3. The number of benzene rings is 2. The Morgan fingerprint density at radius 1 is 1.18 bits per heavy atom. The van der Waals surface area contributed by atoms with Crippen molar-refractivity contribution in [3.63, 3.8) is 0 Å². The molecular formula is C23H21ClF3N5O. The second-order valence-corrected chi connectivity index (χ2v) is 7.61. The highest BCUT2D eigenvalue weighted by Crippen LogP contribution is 2.27. The van der Waals surface area contributed by atoms with Crippen LogP contribution in [0.2, 0.25) is 5.02 Å². The Balaban J connectivity index is 1.86. The molecule has 0 spiro atoms. The summed E-state index contributed by atoms with van der Waals surface area (Å²) in [7, 11) is 1.81. The third-order valence-corrected chi connectivity index (χ3v) is 5.07. The number of aliphatic imine (C=N–C) groups is 1. The number of aromatic nitrogens is 2. The van der Waals surface area contributed by atoms with Crippen molar-refractivity contribution in [3.05, 3.63) is 93.9 Å². The van der Waals surface area contributed by atoms with E-state index in [0.29, 0.717) is 16.8 Å². The Hall–Kier alpha value is -3.59. The molecule has 0 radical (unpaired) electrons. The van der Waals surface area contributed by atoms with Crippen molar-refractivity contribution in [2.24, 2.45) is 17.8 Å². The lowest BCUT2D eigenvalue weighted by Crippen LogP contribution is -2.23. The van der Waals surface area contributed by atoms with Gasteiger partial charge in [0.05, 0.1) is 28.7 Å². The largest absolute Gasteiger partial charge is 0.430 e. The average Bonchev–Trinajstić information content (AvgIpc) is 3.09. The number of rotatable bonds is 6. The molecular weight excluding hydrogens is 455 g/mol. The van der Waals surface area contributed by atoms with Crippen LogP contribution in [0.5, 0.6) is 0 Å². The van der Waals surface area contributed by atoms with E-state index in [4.69, 9.17) is 17.3 Å². The standard InChI is InChI=1S/C23H21ClF3N5O/c1-14-11-17(31-32(14)2)13-29-22(33)16-9-7-15(8-10-16)20(12-21(28)23(25,26)27)30-19-6-4-3-5-18(19)24/h3-12H,13,28H2,1-2H3,(H,29,33)/b21-12-,30-20?. The molecule has 3 N–H and O–H groups in total. The number of para-hydroxylation sites is 1. The van der Waals surface area contributed by atoms with E-state index in [1.807, 2.05) is 13.0 Å². The van der Waals surface area contributed by atoms with E-state index >= 15 is 0 Å². The van der Waals surface area contributed by atoms with E-state index in [1.165, 1.54) is 24.3 Å². The fourth-order valence-corrected chi connectivity index (χ4v) is 3.05. The van der Waals surface area contributed by atoms with Crippen LogP contribution in [0.1, 0.15) is 27.3 Å². The maximum Gasteiger partial charge on any atom is 0.430 e. The number of halogens is 4. The topological polar surface area (TPSA) is 85.3 Å². The van der Waals surface area contributed by atoms with Crippen LogP contribution >= 0.6 is 11.6 Å². The molecule has 1 amide bonds. The van der Waals surface area contributed by atoms with Gasteiger partial charge in [-0.1, -0.05) is 35.9 Å². The van der Waals surface area contributed by atoms with Gasteiger partial charge in [0.15, 0.2) is 0 Å². The summed E-state index contributed by atoms with van der Waals surface area (Å²) < 4.78 is 40.8. The highest BCUT2D eigenvalue weighted by Gasteiger charge is 2.31. The van der Waals surface area contributed by atoms with Gasteiger partial charge in [-0.05, 0) is 43.3 Å². The Morgan fingerprint density at radius 3 is 2.39 bits per heavy atom. The summed E-state index contributed by atoms with van der Waals surface area (Å²) in [6, 6.07) is 14.3. The van der Waals surface area contributed by atoms with Gasteiger partial charge in [-0.25, -0.2) is 4.99 Å². The van der Waals surface area contributed by atoms with Gasteiger partial charge in [-0.15, -0.1) is 0 Å². The van der Waals surface area contributed by atoms with Crippen molar-refractivity contribution in [2.45, 2.75) is 19.6 Å². The molecule has 0 saturated heterocycles. The lowest BCUT2D eigenvalue weighted by molar-refractivity contribution is -0.0925. The van der Waals surface area contributed by atoms with Gasteiger partial charge in [0, 0.05) is 23.9 Å². The minimum Gasteiger partial charge on any atom is -0.395 e. The molecule has 3 rings (SSSR count). The number of nitrogens with one attached hydrogen (secondary N) is 1. The molecule has 0 aliphatic heterocycles. The van der Waals surface area contributed by atoms with Gasteiger partial charge in [0.1, 0.15) is 5.70 Å². The molecule has 3 aromatic rings. The van der Waals surface area contributed by atoms with Gasteiger partial charge in [-0.2, -0.15) is 18.3 Å². The maximum absolute atomic E-state index is 13.0. The molecule has 0 bridgehead atoms. The number of hydrogen-bond acceptors (Lipinski definition) is 4. The molecule has 0 fully saturated rings. The minimum atomic E-state index is -4.72. The Bertz CT molecular complexity index is 1190. The van der Waals surface area contributed by atoms with E-state index in [-0.39, 0.29) is 28.9 Å². The first-order valence-corrected chi connectivity index (χ1v) is 10.2. The molecule has 10 heteroatoms. The molecule has 2 aromatic carbocycles. The van der Waals surface area contributed by atoms with Gasteiger partial charge in [0.25, 0.3) is 5.91 Å². The third-order valence-electron chi connectivity index (χ3n) is 4.75. The zero-order chi connectivity index (χ0) is 24.2. The number of carbonyl (C=O) groups is 1. The summed E-state index contributed by atoms with van der Waals surface area (Å²) in [5, 5.41) is 7.31. The Labute approximate surface area is 193 Å². The van der Waals surface area contributed by atoms with Crippen molar-refractivity contribution in [1.82, 2.24) is 15.1 Å². The first-order chi connectivity index (χ1) is 15.5. The smallest absolute Gasteiger partial charge is 0.395 e. The molecule has 0 atom stereocenters. The SMILES string of the molecule is Cc1cc(CNC(=O)c2ccc(C(/C=C(\N)C(F)(F)F)=Nc3ccccc3Cl)cc2)nn1C. The molecule has 1 heterocycles. The predicted molar refractivity (Wildman–Crippen MR) is 122 cm³/mol. The fourth-order valence-electron chi connectivity index (χ4n) is 2.87. The van der Waals surface area contributed by atoms with Crippen LogP contribution in [0.15, 0.2) is 71.4 Å². The monoisotopic (exact) mass is 475 g/mol. The van der Waals surface area contributed by atoms with Crippen molar-refractivity contribution in [2.75, 3.05) is 0 Å². The summed E-state index contributed by atoms with van der Waals surface area (Å²) in [6.07, 6.45) is -3.98. The van der Waals surface area contributed by atoms with Crippen LogP contribution < -0.4 is 11.1 Å². The van der Waals surface area contributed by atoms with E-state index in [2.05, 4.69) is 15.4 Å². The highest BCUT2D eigenvalue weighted by atomic mass is 35.5. The molecule has 0 saturated carbocycles. The summed E-state index contributed by atoms with van der Waals surface area (Å²) in [5.74, 6) is -0.347. The first kappa shape index (κ1) is 24.1. The zero-order valence-electron chi connectivity index (χ0n) is 17.8. The van der Waals surface area contributed by atoms with Crippen LogP contribution in [-0.2, 0) is 13.6 Å². The minimum absolute atomic E-state index is 0.0474. The summed E-state index contributed by atoms with van der Waals surface area (Å²) in [5.41, 5.74) is 6.48. The van der Waals surface area contributed by atoms with Crippen LogP contribution in [0, 0.1) is 6.92 Å². The van der Waals surface area contributed by atoms with Crippen molar-refractivity contribution < 1.29 is 18.0 Å². The maximum atomic E-state index is 13.0. The average molecular weight is 476 g/mol. The van der Waals surface area contributed by atoms with E-state index in [9.17, 15) is 18.0 Å². The molecule has 0 aliphatic rings. The number of carbonyl (C=O) groups excluding carboxylic acids is 1. The van der Waals surface area contributed by atoms with Crippen molar-refractivity contribution in [3.8, 4) is 0 Å². The van der Waals surface area contributed by atoms with Crippen LogP contribution in [0.4, 0.5) is 18.9 Å². The highest BCUT2D eigenvalue weighted by molar-refractivity contribution is 6.33. The Kier molecular flexibility index (Phi) is 7.23. The lowest BCUT2D eigenvalue weighted by atomic mass is 10.1. The van der Waals surface area contributed by atoms with Gasteiger partial charge in [0.2, 0.25) is 0 Å². The quantitative estimate of drug-likeness (QED) is 0.500. The van der Waals surface area contributed by atoms with Gasteiger partial charge < -0.3 is 11.1 Å². The van der Waals surface area contributed by atoms with Gasteiger partial charge in [-0.3, -0.25) is 9.48 Å². The second kappa shape index (κ2) is 9.91. The Morgan fingerprint density at radius 2 is 1.82 bits per heavy atom. The number of hydrogen-bond donors (Lipinski definition) is 2. The van der Waals surface area contributed by atoms with Crippen molar-refractivity contribution in [1.29, 1.82) is 0 Å². The number of nitrogens with two attached hydrogens (primary N) is 1. The number of aryl methyl sites for hydroxylation is 2. The van der Waals surface area contributed by atoms with E-state index < -0.39 is 11.9 Å².